The van der Waals surface area contributed by atoms with E-state index < -0.39 is 0 Å². The quantitative estimate of drug-likeness (QED) is 0.668. The summed E-state index contributed by atoms with van der Waals surface area (Å²) in [7, 11) is 0. The van der Waals surface area contributed by atoms with Crippen LogP contribution in [0.25, 0.3) is 0 Å². The van der Waals surface area contributed by atoms with Gasteiger partial charge in [-0.1, -0.05) is 0 Å². The third-order valence-corrected chi connectivity index (χ3v) is 3.17. The van der Waals surface area contributed by atoms with E-state index >= 15 is 0 Å². The van der Waals surface area contributed by atoms with Crippen LogP contribution < -0.4 is 0 Å². The van der Waals surface area contributed by atoms with Crippen molar-refractivity contribution in [1.29, 1.82) is 0 Å². The molecule has 3 nitrogen and oxygen atoms in total. The van der Waals surface area contributed by atoms with Crippen molar-refractivity contribution in [3.63, 3.8) is 0 Å². The molecule has 1 aliphatic heterocycles. The molecule has 0 aliphatic carbocycles. The highest BCUT2D eigenvalue weighted by molar-refractivity contribution is 5.75. The number of nitrogens with zero attached hydrogens (tertiary/aromatic N) is 2. The van der Waals surface area contributed by atoms with Gasteiger partial charge in [0, 0.05) is 25.2 Å². The van der Waals surface area contributed by atoms with E-state index in [2.05, 4.69) is 13.8 Å². The zero-order chi connectivity index (χ0) is 10.8. The Morgan fingerprint density at radius 1 is 1.36 bits per heavy atom. The molecular formula is C11H22N2O. The van der Waals surface area contributed by atoms with Crippen LogP contribution in [0.4, 0.5) is 4.79 Å². The lowest BCUT2D eigenvalue weighted by molar-refractivity contribution is 0.129. The fourth-order valence-electron chi connectivity index (χ4n) is 2.13. The van der Waals surface area contributed by atoms with E-state index in [1.54, 1.807) is 0 Å². The van der Waals surface area contributed by atoms with Crippen molar-refractivity contribution in [2.75, 3.05) is 19.6 Å². The average molecular weight is 198 g/mol. The maximum Gasteiger partial charge on any atom is 0.320 e. The summed E-state index contributed by atoms with van der Waals surface area (Å²) in [6.45, 7) is 10.9. The molecule has 1 fully saturated rings. The topological polar surface area (TPSA) is 23.6 Å². The van der Waals surface area contributed by atoms with Gasteiger partial charge >= 0.3 is 6.03 Å². The minimum atomic E-state index is 0.0552. The Morgan fingerprint density at radius 3 is 2.29 bits per heavy atom. The van der Waals surface area contributed by atoms with Crippen LogP contribution in [0.1, 0.15) is 40.5 Å². The predicted octanol–water partition coefficient (Wildman–Crippen LogP) is 2.32. The largest absolute Gasteiger partial charge is 0.325 e. The summed E-state index contributed by atoms with van der Waals surface area (Å²) in [4.78, 5) is 16.0. The van der Waals surface area contributed by atoms with Crippen LogP contribution in [-0.4, -0.2) is 41.0 Å². The minimum Gasteiger partial charge on any atom is -0.325 e. The molecule has 0 saturated carbocycles. The van der Waals surface area contributed by atoms with E-state index in [4.69, 9.17) is 0 Å². The highest BCUT2D eigenvalue weighted by Gasteiger charge is 2.36. The lowest BCUT2D eigenvalue weighted by atomic mass is 10.0. The first-order valence-corrected chi connectivity index (χ1v) is 5.59. The van der Waals surface area contributed by atoms with Crippen LogP contribution in [-0.2, 0) is 0 Å². The molecule has 0 aromatic rings. The van der Waals surface area contributed by atoms with Gasteiger partial charge < -0.3 is 9.80 Å². The Balaban J connectivity index is 2.68. The van der Waals surface area contributed by atoms with Crippen molar-refractivity contribution in [2.45, 2.75) is 46.1 Å². The summed E-state index contributed by atoms with van der Waals surface area (Å²) in [5.41, 5.74) is 0.0552. The van der Waals surface area contributed by atoms with E-state index in [9.17, 15) is 4.79 Å². The molecule has 0 radical (unpaired) electrons. The number of carbonyl (C=O) groups is 1. The van der Waals surface area contributed by atoms with Crippen molar-refractivity contribution in [2.24, 2.45) is 0 Å². The van der Waals surface area contributed by atoms with Crippen molar-refractivity contribution in [1.82, 2.24) is 9.80 Å². The van der Waals surface area contributed by atoms with Gasteiger partial charge in [0.2, 0.25) is 0 Å². The number of hydrogen-bond acceptors (Lipinski definition) is 1. The van der Waals surface area contributed by atoms with Crippen molar-refractivity contribution in [3.8, 4) is 0 Å². The minimum absolute atomic E-state index is 0.0552. The molecule has 0 unspecified atom stereocenters. The molecule has 1 rings (SSSR count). The summed E-state index contributed by atoms with van der Waals surface area (Å²) in [6, 6.07) is 0.206. The number of rotatable bonds is 2. The Bertz CT molecular complexity index is 209. The van der Waals surface area contributed by atoms with E-state index in [0.717, 1.165) is 32.5 Å². The van der Waals surface area contributed by atoms with Crippen LogP contribution in [0.2, 0.25) is 0 Å². The van der Waals surface area contributed by atoms with Crippen LogP contribution in [0.15, 0.2) is 0 Å². The van der Waals surface area contributed by atoms with Gasteiger partial charge in [0.05, 0.1) is 0 Å². The SMILES string of the molecule is CCN(CC)C(=O)N1CCCC1(C)C. The molecule has 0 bridgehead atoms. The van der Waals surface area contributed by atoms with Gasteiger partial charge in [-0.05, 0) is 40.5 Å². The van der Waals surface area contributed by atoms with Gasteiger partial charge in [0.15, 0.2) is 0 Å². The Labute approximate surface area is 87.1 Å². The molecule has 14 heavy (non-hydrogen) atoms. The van der Waals surface area contributed by atoms with E-state index in [1.807, 2.05) is 23.6 Å². The van der Waals surface area contributed by atoms with Gasteiger partial charge in [-0.3, -0.25) is 0 Å². The lowest BCUT2D eigenvalue weighted by Crippen LogP contribution is -2.49. The summed E-state index contributed by atoms with van der Waals surface area (Å²) in [5, 5.41) is 0. The van der Waals surface area contributed by atoms with Gasteiger partial charge in [-0.25, -0.2) is 4.79 Å². The number of carbonyl (C=O) groups excluding carboxylic acids is 1. The van der Waals surface area contributed by atoms with Crippen LogP contribution in [0.5, 0.6) is 0 Å². The van der Waals surface area contributed by atoms with Crippen molar-refractivity contribution >= 4 is 6.03 Å². The predicted molar refractivity (Wildman–Crippen MR) is 58.3 cm³/mol. The lowest BCUT2D eigenvalue weighted by Gasteiger charge is -2.35. The third kappa shape index (κ3) is 2.02. The summed E-state index contributed by atoms with van der Waals surface area (Å²) < 4.78 is 0. The maximum absolute atomic E-state index is 12.1. The van der Waals surface area contributed by atoms with E-state index in [1.165, 1.54) is 0 Å². The molecule has 3 heteroatoms. The van der Waals surface area contributed by atoms with Crippen molar-refractivity contribution < 1.29 is 4.79 Å². The standard InChI is InChI=1S/C11H22N2O/c1-5-12(6-2)10(14)13-9-7-8-11(13,3)4/h5-9H2,1-4H3. The first-order chi connectivity index (χ1) is 6.53. The highest BCUT2D eigenvalue weighted by atomic mass is 16.2. The fourth-order valence-corrected chi connectivity index (χ4v) is 2.13. The second kappa shape index (κ2) is 4.20. The first-order valence-electron chi connectivity index (χ1n) is 5.59. The molecule has 1 saturated heterocycles. The van der Waals surface area contributed by atoms with E-state index in [0.29, 0.717) is 0 Å². The number of urea groups is 1. The molecular weight excluding hydrogens is 176 g/mol. The zero-order valence-electron chi connectivity index (χ0n) is 9.84. The summed E-state index contributed by atoms with van der Waals surface area (Å²) in [6.07, 6.45) is 2.26. The van der Waals surface area contributed by atoms with Gasteiger partial charge in [-0.2, -0.15) is 0 Å². The summed E-state index contributed by atoms with van der Waals surface area (Å²) >= 11 is 0. The third-order valence-electron chi connectivity index (χ3n) is 3.17. The van der Waals surface area contributed by atoms with Crippen LogP contribution in [0.3, 0.4) is 0 Å². The number of hydrogen-bond donors (Lipinski definition) is 0. The molecule has 0 aromatic heterocycles. The molecule has 2 amide bonds. The molecule has 0 atom stereocenters. The fraction of sp³-hybridized carbons (Fsp3) is 0.909. The second-order valence-corrected chi connectivity index (χ2v) is 4.52. The highest BCUT2D eigenvalue weighted by Crippen LogP contribution is 2.28. The molecule has 0 aromatic carbocycles. The smallest absolute Gasteiger partial charge is 0.320 e. The normalized spacial score (nSPS) is 19.9. The number of likely N-dealkylation sites (tertiary alicyclic amines) is 1. The Kier molecular flexibility index (Phi) is 3.40. The Hall–Kier alpha value is -0.730. The number of amides is 2. The van der Waals surface area contributed by atoms with Crippen LogP contribution in [0, 0.1) is 0 Å². The first kappa shape index (κ1) is 11.3. The maximum atomic E-state index is 12.1. The average Bonchev–Trinajstić information content (AvgIpc) is 2.47. The summed E-state index contributed by atoms with van der Waals surface area (Å²) in [5.74, 6) is 0. The van der Waals surface area contributed by atoms with Crippen LogP contribution >= 0.6 is 0 Å². The zero-order valence-corrected chi connectivity index (χ0v) is 9.84. The van der Waals surface area contributed by atoms with Crippen molar-refractivity contribution in [3.05, 3.63) is 0 Å². The van der Waals surface area contributed by atoms with Gasteiger partial charge in [0.25, 0.3) is 0 Å². The molecule has 1 heterocycles. The molecule has 0 N–H and O–H groups in total. The van der Waals surface area contributed by atoms with Gasteiger partial charge in [-0.15, -0.1) is 0 Å². The van der Waals surface area contributed by atoms with E-state index in [-0.39, 0.29) is 11.6 Å². The Morgan fingerprint density at radius 2 is 1.93 bits per heavy atom. The molecule has 82 valence electrons. The monoisotopic (exact) mass is 198 g/mol. The molecule has 0 spiro atoms. The molecule has 1 aliphatic rings. The van der Waals surface area contributed by atoms with Gasteiger partial charge in [0.1, 0.15) is 0 Å². The second-order valence-electron chi connectivity index (χ2n) is 4.52.